The zero-order chi connectivity index (χ0) is 26.6. The molecule has 36 heavy (non-hydrogen) atoms. The van der Waals surface area contributed by atoms with Crippen molar-refractivity contribution in [1.82, 2.24) is 5.32 Å². The van der Waals surface area contributed by atoms with Gasteiger partial charge in [0.2, 0.25) is 11.6 Å². The number of benzene rings is 2. The molecule has 0 aliphatic rings. The molecular weight excluding hydrogens is 468 g/mol. The molecule has 0 saturated heterocycles. The molecule has 3 aromatic rings. The van der Waals surface area contributed by atoms with Crippen LogP contribution in [-0.2, 0) is 4.74 Å². The molecule has 0 fully saturated rings. The number of ketones is 1. The van der Waals surface area contributed by atoms with Crippen molar-refractivity contribution in [2.45, 2.75) is 33.3 Å². The number of alkyl carbamates (subject to hydrolysis) is 1. The molecular formula is C26H32N2O8. The molecule has 0 atom stereocenters. The number of ether oxygens (including phenoxy) is 4. The minimum Gasteiger partial charge on any atom is -0.502 e. The molecule has 3 N–H and O–H groups in total. The van der Waals surface area contributed by atoms with E-state index in [2.05, 4.69) is 10.6 Å². The monoisotopic (exact) mass is 500 g/mol. The summed E-state index contributed by atoms with van der Waals surface area (Å²) in [6.07, 6.45) is -0.563. The average Bonchev–Trinajstić information content (AvgIpc) is 3.20. The zero-order valence-electron chi connectivity index (χ0n) is 21.5. The fourth-order valence-corrected chi connectivity index (χ4v) is 3.66. The Morgan fingerprint density at radius 1 is 0.972 bits per heavy atom. The highest BCUT2D eigenvalue weighted by Crippen LogP contribution is 2.42. The molecule has 0 unspecified atom stereocenters. The fraction of sp³-hybridized carbons (Fsp3) is 0.385. The van der Waals surface area contributed by atoms with E-state index in [9.17, 15) is 14.7 Å². The van der Waals surface area contributed by atoms with E-state index in [4.69, 9.17) is 23.4 Å². The lowest BCUT2D eigenvalue weighted by molar-refractivity contribution is 0.0529. The number of phenolic OH excluding ortho intramolecular Hbond substituents is 1. The van der Waals surface area contributed by atoms with Crippen LogP contribution in [-0.4, -0.2) is 57.0 Å². The molecule has 2 aromatic carbocycles. The molecule has 0 radical (unpaired) electrons. The number of phenols is 1. The van der Waals surface area contributed by atoms with Gasteiger partial charge in [0.1, 0.15) is 17.1 Å². The molecule has 0 spiro atoms. The lowest BCUT2D eigenvalue weighted by Crippen LogP contribution is -2.35. The molecule has 0 bridgehead atoms. The van der Waals surface area contributed by atoms with Crippen LogP contribution in [0.3, 0.4) is 0 Å². The summed E-state index contributed by atoms with van der Waals surface area (Å²) in [6.45, 7) is 7.56. The van der Waals surface area contributed by atoms with Crippen LogP contribution < -0.4 is 24.8 Å². The first-order valence-corrected chi connectivity index (χ1v) is 11.3. The number of amides is 1. The zero-order valence-corrected chi connectivity index (χ0v) is 21.5. The summed E-state index contributed by atoms with van der Waals surface area (Å²) >= 11 is 0. The lowest BCUT2D eigenvalue weighted by Gasteiger charge is -2.19. The summed E-state index contributed by atoms with van der Waals surface area (Å²) in [5, 5.41) is 16.7. The van der Waals surface area contributed by atoms with Gasteiger partial charge in [0.15, 0.2) is 17.1 Å². The summed E-state index contributed by atoms with van der Waals surface area (Å²) < 4.78 is 27.1. The van der Waals surface area contributed by atoms with Crippen molar-refractivity contribution < 1.29 is 38.1 Å². The van der Waals surface area contributed by atoms with E-state index in [1.165, 1.54) is 21.3 Å². The van der Waals surface area contributed by atoms with Gasteiger partial charge in [-0.05, 0) is 52.0 Å². The lowest BCUT2D eigenvalue weighted by atomic mass is 9.99. The minimum absolute atomic E-state index is 0.0892. The number of methoxy groups -OCH3 is 3. The highest BCUT2D eigenvalue weighted by Gasteiger charge is 2.26. The third kappa shape index (κ3) is 5.59. The Bertz CT molecular complexity index is 1250. The van der Waals surface area contributed by atoms with E-state index in [0.717, 1.165) is 5.56 Å². The molecule has 3 rings (SSSR count). The van der Waals surface area contributed by atoms with Crippen LogP contribution in [0, 0.1) is 6.92 Å². The number of aromatic hydroxyl groups is 1. The Morgan fingerprint density at radius 3 is 2.14 bits per heavy atom. The first-order valence-electron chi connectivity index (χ1n) is 11.3. The van der Waals surface area contributed by atoms with Gasteiger partial charge in [0.05, 0.1) is 26.9 Å². The second kappa shape index (κ2) is 10.7. The highest BCUT2D eigenvalue weighted by atomic mass is 16.6. The Balaban J connectivity index is 1.98. The van der Waals surface area contributed by atoms with Crippen LogP contribution in [0.25, 0.3) is 11.0 Å². The quantitative estimate of drug-likeness (QED) is 0.284. The van der Waals surface area contributed by atoms with Gasteiger partial charge in [-0.3, -0.25) is 4.79 Å². The van der Waals surface area contributed by atoms with E-state index in [0.29, 0.717) is 22.4 Å². The topological polar surface area (TPSA) is 128 Å². The number of fused-ring (bicyclic) bond motifs is 1. The SMILES string of the molecule is COc1cc(C(=O)c2c(NCCNC(=O)OC(C)(C)C)oc3c(O)c(OC)ccc23)cc(OC)c1C. The van der Waals surface area contributed by atoms with Gasteiger partial charge in [-0.25, -0.2) is 4.79 Å². The van der Waals surface area contributed by atoms with Gasteiger partial charge in [-0.2, -0.15) is 0 Å². The molecule has 1 heterocycles. The normalized spacial score (nSPS) is 11.2. The van der Waals surface area contributed by atoms with E-state index in [1.54, 1.807) is 45.0 Å². The van der Waals surface area contributed by atoms with Gasteiger partial charge in [-0.15, -0.1) is 0 Å². The predicted molar refractivity (Wildman–Crippen MR) is 135 cm³/mol. The van der Waals surface area contributed by atoms with E-state index in [1.807, 2.05) is 6.92 Å². The number of carbonyl (C=O) groups is 2. The van der Waals surface area contributed by atoms with E-state index in [-0.39, 0.29) is 47.4 Å². The number of rotatable bonds is 9. The van der Waals surface area contributed by atoms with Crippen LogP contribution >= 0.6 is 0 Å². The van der Waals surface area contributed by atoms with Crippen LogP contribution in [0.1, 0.15) is 42.3 Å². The summed E-state index contributed by atoms with van der Waals surface area (Å²) in [7, 11) is 4.44. The Kier molecular flexibility index (Phi) is 7.87. The van der Waals surface area contributed by atoms with Crippen LogP contribution in [0.5, 0.6) is 23.0 Å². The third-order valence-electron chi connectivity index (χ3n) is 5.34. The number of furan rings is 1. The van der Waals surface area contributed by atoms with Gasteiger partial charge in [0, 0.05) is 29.6 Å². The summed E-state index contributed by atoms with van der Waals surface area (Å²) in [5.41, 5.74) is 0.729. The maximum absolute atomic E-state index is 13.7. The molecule has 0 saturated carbocycles. The van der Waals surface area contributed by atoms with Crippen molar-refractivity contribution in [3.8, 4) is 23.0 Å². The highest BCUT2D eigenvalue weighted by molar-refractivity contribution is 6.20. The number of hydrogen-bond acceptors (Lipinski definition) is 9. The van der Waals surface area contributed by atoms with Gasteiger partial charge in [0.25, 0.3) is 0 Å². The van der Waals surface area contributed by atoms with Crippen molar-refractivity contribution in [2.24, 2.45) is 0 Å². The second-order valence-corrected chi connectivity index (χ2v) is 8.99. The number of anilines is 1. The number of nitrogens with one attached hydrogen (secondary N) is 2. The average molecular weight is 501 g/mol. The largest absolute Gasteiger partial charge is 0.502 e. The van der Waals surface area contributed by atoms with Crippen molar-refractivity contribution >= 4 is 28.7 Å². The standard InChI is InChI=1S/C26H32N2O8/c1-14-18(33-6)12-15(13-19(14)34-7)21(29)20-16-8-9-17(32-5)22(30)23(16)35-24(20)27-10-11-28-25(31)36-26(2,3)4/h8-9,12-13,27,30H,10-11H2,1-7H3,(H,28,31). The van der Waals surface area contributed by atoms with Crippen molar-refractivity contribution in [2.75, 3.05) is 39.7 Å². The second-order valence-electron chi connectivity index (χ2n) is 8.99. The number of carbonyl (C=O) groups excluding carboxylic acids is 2. The molecule has 0 aliphatic carbocycles. The minimum atomic E-state index is -0.622. The smallest absolute Gasteiger partial charge is 0.407 e. The summed E-state index contributed by atoms with van der Waals surface area (Å²) in [4.78, 5) is 25.7. The predicted octanol–water partition coefficient (Wildman–Crippen LogP) is 4.64. The van der Waals surface area contributed by atoms with Crippen LogP contribution in [0.2, 0.25) is 0 Å². The Hall–Kier alpha value is -4.08. The maximum atomic E-state index is 13.7. The van der Waals surface area contributed by atoms with Crippen molar-refractivity contribution in [1.29, 1.82) is 0 Å². The molecule has 0 aliphatic heterocycles. The van der Waals surface area contributed by atoms with Gasteiger partial charge < -0.3 is 39.1 Å². The van der Waals surface area contributed by atoms with Gasteiger partial charge in [-0.1, -0.05) is 0 Å². The molecule has 194 valence electrons. The van der Waals surface area contributed by atoms with Crippen molar-refractivity contribution in [3.63, 3.8) is 0 Å². The molecule has 10 heteroatoms. The van der Waals surface area contributed by atoms with Crippen LogP contribution in [0.15, 0.2) is 28.7 Å². The van der Waals surface area contributed by atoms with E-state index >= 15 is 0 Å². The maximum Gasteiger partial charge on any atom is 0.407 e. The molecule has 1 aromatic heterocycles. The van der Waals surface area contributed by atoms with E-state index < -0.39 is 11.7 Å². The third-order valence-corrected chi connectivity index (χ3v) is 5.34. The molecule has 1 amide bonds. The summed E-state index contributed by atoms with van der Waals surface area (Å²) in [6, 6.07) is 6.43. The summed E-state index contributed by atoms with van der Waals surface area (Å²) in [5.74, 6) is 0.702. The Morgan fingerprint density at radius 2 is 1.58 bits per heavy atom. The number of hydrogen-bond donors (Lipinski definition) is 3. The van der Waals surface area contributed by atoms with Gasteiger partial charge >= 0.3 is 6.09 Å². The molecule has 10 nitrogen and oxygen atoms in total. The first kappa shape index (κ1) is 26.5. The first-order chi connectivity index (χ1) is 17.0. The van der Waals surface area contributed by atoms with Crippen molar-refractivity contribution in [3.05, 3.63) is 41.0 Å². The fourth-order valence-electron chi connectivity index (χ4n) is 3.66. The van der Waals surface area contributed by atoms with Crippen LogP contribution in [0.4, 0.5) is 10.7 Å². The Labute approximate surface area is 209 Å².